The summed E-state index contributed by atoms with van der Waals surface area (Å²) in [5, 5.41) is 11.6. The van der Waals surface area contributed by atoms with Crippen molar-refractivity contribution in [2.75, 3.05) is 12.4 Å². The van der Waals surface area contributed by atoms with Crippen LogP contribution in [0.15, 0.2) is 54.1 Å². The lowest BCUT2D eigenvalue weighted by Crippen LogP contribution is -2.13. The lowest BCUT2D eigenvalue weighted by atomic mass is 10.1. The van der Waals surface area contributed by atoms with Crippen molar-refractivity contribution in [2.45, 2.75) is 6.92 Å². The molecule has 118 valence electrons. The van der Waals surface area contributed by atoms with Gasteiger partial charge in [0, 0.05) is 11.3 Å². The first-order valence-corrected chi connectivity index (χ1v) is 6.96. The first-order valence-electron chi connectivity index (χ1n) is 6.96. The molecule has 0 aliphatic rings. The first kappa shape index (κ1) is 16.3. The standard InChI is InChI=1S/C18H17NO4/c1-12(10-13-6-8-16(23-2)9-7-13)17(20)19-15-5-3-4-14(11-15)18(21)22/h3-11H,1-2H3,(H,19,20)(H,21,22). The second-order valence-electron chi connectivity index (χ2n) is 4.94. The van der Waals surface area contributed by atoms with Crippen LogP contribution in [0.3, 0.4) is 0 Å². The zero-order valence-corrected chi connectivity index (χ0v) is 12.9. The predicted octanol–water partition coefficient (Wildman–Crippen LogP) is 3.44. The summed E-state index contributed by atoms with van der Waals surface area (Å²) in [5.41, 5.74) is 1.95. The molecule has 0 bridgehead atoms. The number of ether oxygens (including phenoxy) is 1. The summed E-state index contributed by atoms with van der Waals surface area (Å²) in [5.74, 6) is -0.579. The normalized spacial score (nSPS) is 11.0. The maximum Gasteiger partial charge on any atom is 0.335 e. The smallest absolute Gasteiger partial charge is 0.335 e. The Morgan fingerprint density at radius 3 is 2.43 bits per heavy atom. The number of methoxy groups -OCH3 is 1. The molecule has 0 saturated carbocycles. The van der Waals surface area contributed by atoms with Crippen LogP contribution in [0, 0.1) is 0 Å². The predicted molar refractivity (Wildman–Crippen MR) is 88.7 cm³/mol. The number of anilines is 1. The highest BCUT2D eigenvalue weighted by Crippen LogP contribution is 2.16. The van der Waals surface area contributed by atoms with E-state index in [0.717, 1.165) is 11.3 Å². The lowest BCUT2D eigenvalue weighted by Gasteiger charge is -2.07. The molecule has 0 heterocycles. The fourth-order valence-corrected chi connectivity index (χ4v) is 1.98. The van der Waals surface area contributed by atoms with Crippen LogP contribution < -0.4 is 10.1 Å². The van der Waals surface area contributed by atoms with E-state index in [4.69, 9.17) is 9.84 Å². The van der Waals surface area contributed by atoms with E-state index in [9.17, 15) is 9.59 Å². The van der Waals surface area contributed by atoms with Crippen LogP contribution in [-0.2, 0) is 4.79 Å². The van der Waals surface area contributed by atoms with Crippen molar-refractivity contribution < 1.29 is 19.4 Å². The van der Waals surface area contributed by atoms with E-state index in [0.29, 0.717) is 11.3 Å². The van der Waals surface area contributed by atoms with Gasteiger partial charge in [-0.1, -0.05) is 18.2 Å². The number of carboxylic acid groups (broad SMARTS) is 1. The molecule has 0 aliphatic carbocycles. The molecule has 0 saturated heterocycles. The highest BCUT2D eigenvalue weighted by atomic mass is 16.5. The third kappa shape index (κ3) is 4.44. The largest absolute Gasteiger partial charge is 0.497 e. The lowest BCUT2D eigenvalue weighted by molar-refractivity contribution is -0.112. The van der Waals surface area contributed by atoms with Gasteiger partial charge >= 0.3 is 5.97 Å². The number of nitrogens with one attached hydrogen (secondary N) is 1. The Balaban J connectivity index is 2.11. The molecule has 5 nitrogen and oxygen atoms in total. The van der Waals surface area contributed by atoms with Gasteiger partial charge in [-0.3, -0.25) is 4.79 Å². The van der Waals surface area contributed by atoms with E-state index in [1.165, 1.54) is 12.1 Å². The highest BCUT2D eigenvalue weighted by Gasteiger charge is 2.08. The second-order valence-corrected chi connectivity index (χ2v) is 4.94. The molecule has 2 aromatic carbocycles. The quantitative estimate of drug-likeness (QED) is 0.829. The van der Waals surface area contributed by atoms with E-state index in [1.807, 2.05) is 24.3 Å². The molecule has 2 aromatic rings. The van der Waals surface area contributed by atoms with Gasteiger partial charge in [-0.2, -0.15) is 0 Å². The molecule has 0 aliphatic heterocycles. The van der Waals surface area contributed by atoms with Gasteiger partial charge in [-0.25, -0.2) is 4.79 Å². The van der Waals surface area contributed by atoms with Gasteiger partial charge in [-0.15, -0.1) is 0 Å². The number of carbonyl (C=O) groups excluding carboxylic acids is 1. The van der Waals surface area contributed by atoms with Crippen molar-refractivity contribution in [3.63, 3.8) is 0 Å². The van der Waals surface area contributed by atoms with Gasteiger partial charge in [-0.05, 0) is 48.9 Å². The average Bonchev–Trinajstić information content (AvgIpc) is 2.55. The number of hydrogen-bond donors (Lipinski definition) is 2. The van der Waals surface area contributed by atoms with Gasteiger partial charge < -0.3 is 15.2 Å². The summed E-state index contributed by atoms with van der Waals surface area (Å²) in [6.07, 6.45) is 1.75. The Morgan fingerprint density at radius 2 is 1.83 bits per heavy atom. The summed E-state index contributed by atoms with van der Waals surface area (Å²) in [4.78, 5) is 23.1. The second kappa shape index (κ2) is 7.26. The number of benzene rings is 2. The third-order valence-corrected chi connectivity index (χ3v) is 3.22. The molecule has 0 spiro atoms. The Hall–Kier alpha value is -3.08. The maximum atomic E-state index is 12.2. The van der Waals surface area contributed by atoms with Crippen molar-refractivity contribution in [3.8, 4) is 5.75 Å². The van der Waals surface area contributed by atoms with Crippen molar-refractivity contribution in [1.82, 2.24) is 0 Å². The van der Waals surface area contributed by atoms with Crippen LogP contribution >= 0.6 is 0 Å². The Bertz CT molecular complexity index is 748. The van der Waals surface area contributed by atoms with E-state index >= 15 is 0 Å². The number of hydrogen-bond acceptors (Lipinski definition) is 3. The van der Waals surface area contributed by atoms with Gasteiger partial charge in [0.1, 0.15) is 5.75 Å². The van der Waals surface area contributed by atoms with Gasteiger partial charge in [0.25, 0.3) is 5.91 Å². The molecule has 2 N–H and O–H groups in total. The summed E-state index contributed by atoms with van der Waals surface area (Å²) in [6.45, 7) is 1.70. The fraction of sp³-hybridized carbons (Fsp3) is 0.111. The average molecular weight is 311 g/mol. The Kier molecular flexibility index (Phi) is 5.15. The third-order valence-electron chi connectivity index (χ3n) is 3.22. The van der Waals surface area contributed by atoms with Crippen LogP contribution in [0.4, 0.5) is 5.69 Å². The van der Waals surface area contributed by atoms with E-state index in [-0.39, 0.29) is 11.5 Å². The molecule has 0 atom stereocenters. The molecular formula is C18H17NO4. The van der Waals surface area contributed by atoms with Crippen molar-refractivity contribution in [2.24, 2.45) is 0 Å². The van der Waals surface area contributed by atoms with Crippen LogP contribution in [0.5, 0.6) is 5.75 Å². The van der Waals surface area contributed by atoms with Crippen molar-refractivity contribution in [3.05, 3.63) is 65.2 Å². The zero-order valence-electron chi connectivity index (χ0n) is 12.9. The van der Waals surface area contributed by atoms with Crippen LogP contribution in [0.25, 0.3) is 6.08 Å². The van der Waals surface area contributed by atoms with Gasteiger partial charge in [0.2, 0.25) is 0 Å². The monoisotopic (exact) mass is 311 g/mol. The topological polar surface area (TPSA) is 75.6 Å². The van der Waals surface area contributed by atoms with Crippen molar-refractivity contribution in [1.29, 1.82) is 0 Å². The van der Waals surface area contributed by atoms with Gasteiger partial charge in [0.05, 0.1) is 12.7 Å². The molecule has 0 radical (unpaired) electrons. The Morgan fingerprint density at radius 1 is 1.13 bits per heavy atom. The Labute approximate surface area is 134 Å². The minimum atomic E-state index is -1.04. The van der Waals surface area contributed by atoms with Crippen LogP contribution in [0.1, 0.15) is 22.8 Å². The molecule has 1 amide bonds. The van der Waals surface area contributed by atoms with Gasteiger partial charge in [0.15, 0.2) is 0 Å². The number of carbonyl (C=O) groups is 2. The SMILES string of the molecule is COc1ccc(C=C(C)C(=O)Nc2cccc(C(=O)O)c2)cc1. The number of aromatic carboxylic acids is 1. The summed E-state index contributed by atoms with van der Waals surface area (Å²) in [7, 11) is 1.59. The zero-order chi connectivity index (χ0) is 16.8. The van der Waals surface area contributed by atoms with Crippen LogP contribution in [0.2, 0.25) is 0 Å². The summed E-state index contributed by atoms with van der Waals surface area (Å²) < 4.78 is 5.08. The molecule has 0 aromatic heterocycles. The molecular weight excluding hydrogens is 294 g/mol. The minimum Gasteiger partial charge on any atom is -0.497 e. The highest BCUT2D eigenvalue weighted by molar-refractivity contribution is 6.06. The van der Waals surface area contributed by atoms with Crippen LogP contribution in [-0.4, -0.2) is 24.1 Å². The molecule has 5 heteroatoms. The molecule has 23 heavy (non-hydrogen) atoms. The number of amides is 1. The summed E-state index contributed by atoms with van der Waals surface area (Å²) in [6, 6.07) is 13.4. The van der Waals surface area contributed by atoms with E-state index in [1.54, 1.807) is 32.2 Å². The van der Waals surface area contributed by atoms with E-state index < -0.39 is 5.97 Å². The summed E-state index contributed by atoms with van der Waals surface area (Å²) >= 11 is 0. The van der Waals surface area contributed by atoms with Crippen molar-refractivity contribution >= 4 is 23.6 Å². The number of carboxylic acids is 1. The maximum absolute atomic E-state index is 12.2. The molecule has 0 fully saturated rings. The number of rotatable bonds is 5. The minimum absolute atomic E-state index is 0.125. The van der Waals surface area contributed by atoms with E-state index in [2.05, 4.69) is 5.32 Å². The molecule has 0 unspecified atom stereocenters. The first-order chi connectivity index (χ1) is 11.0. The molecule has 2 rings (SSSR count). The fourth-order valence-electron chi connectivity index (χ4n) is 1.98.